The van der Waals surface area contributed by atoms with Gasteiger partial charge in [-0.2, -0.15) is 10.5 Å². The first-order valence-corrected chi connectivity index (χ1v) is 19.4. The van der Waals surface area contributed by atoms with E-state index in [2.05, 4.69) is 153 Å². The molecule has 2 heterocycles. The summed E-state index contributed by atoms with van der Waals surface area (Å²) in [6.07, 6.45) is 17.9. The van der Waals surface area contributed by atoms with Gasteiger partial charge in [-0.3, -0.25) is 0 Å². The summed E-state index contributed by atoms with van der Waals surface area (Å²) >= 11 is 0. The number of nitriles is 2. The highest BCUT2D eigenvalue weighted by atomic mass is 15.2. The first-order valence-electron chi connectivity index (χ1n) is 19.4. The Morgan fingerprint density at radius 3 is 2.24 bits per heavy atom. The van der Waals surface area contributed by atoms with Crippen molar-refractivity contribution in [1.82, 2.24) is 4.57 Å². The highest BCUT2D eigenvalue weighted by Gasteiger charge is 2.46. The number of hydrogen-bond donors (Lipinski definition) is 0. The van der Waals surface area contributed by atoms with Gasteiger partial charge in [0.1, 0.15) is 12.1 Å². The van der Waals surface area contributed by atoms with Gasteiger partial charge in [0.25, 0.3) is 0 Å². The monoisotopic (exact) mass is 710 g/mol. The van der Waals surface area contributed by atoms with Crippen LogP contribution in [0.5, 0.6) is 0 Å². The molecule has 0 radical (unpaired) electrons. The normalized spacial score (nSPS) is 21.8. The van der Waals surface area contributed by atoms with Crippen molar-refractivity contribution in [2.75, 3.05) is 4.90 Å². The van der Waals surface area contributed by atoms with Crippen molar-refractivity contribution in [3.05, 3.63) is 178 Å². The van der Waals surface area contributed by atoms with Crippen molar-refractivity contribution in [2.24, 2.45) is 11.8 Å². The summed E-state index contributed by atoms with van der Waals surface area (Å²) < 4.78 is 2.34. The molecule has 3 unspecified atom stereocenters. The lowest BCUT2D eigenvalue weighted by Crippen LogP contribution is -2.33. The number of anilines is 1. The number of fused-ring (bicyclic) bond motifs is 10. The second kappa shape index (κ2) is 11.6. The molecule has 0 N–H and O–H groups in total. The van der Waals surface area contributed by atoms with E-state index in [1.54, 1.807) is 0 Å². The molecule has 5 aliphatic rings. The molecular formula is C51H42N4. The van der Waals surface area contributed by atoms with Gasteiger partial charge in [-0.05, 0) is 106 Å². The molecule has 0 saturated carbocycles. The Hall–Kier alpha value is -6.36. The van der Waals surface area contributed by atoms with Crippen LogP contribution in [0.25, 0.3) is 39.4 Å². The van der Waals surface area contributed by atoms with Gasteiger partial charge in [0, 0.05) is 33.7 Å². The Bertz CT molecular complexity index is 2810. The number of allylic oxidation sites excluding steroid dienone is 6. The minimum Gasteiger partial charge on any atom is -0.332 e. The Labute approximate surface area is 323 Å². The molecule has 55 heavy (non-hydrogen) atoms. The van der Waals surface area contributed by atoms with E-state index >= 15 is 0 Å². The lowest BCUT2D eigenvalue weighted by Gasteiger charge is -2.32. The molecule has 4 heteroatoms. The van der Waals surface area contributed by atoms with E-state index in [4.69, 9.17) is 0 Å². The molecule has 0 spiro atoms. The van der Waals surface area contributed by atoms with Crippen molar-refractivity contribution in [3.8, 4) is 29.0 Å². The minimum absolute atomic E-state index is 0.0323. The van der Waals surface area contributed by atoms with Crippen molar-refractivity contribution >= 4 is 28.2 Å². The summed E-state index contributed by atoms with van der Waals surface area (Å²) in [5.74, 6) is 0.364. The molecular weight excluding hydrogens is 669 g/mol. The van der Waals surface area contributed by atoms with E-state index in [1.807, 2.05) is 31.2 Å². The predicted octanol–water partition coefficient (Wildman–Crippen LogP) is 11.6. The third-order valence-corrected chi connectivity index (χ3v) is 13.4. The fraction of sp³-hybridized carbons (Fsp3) is 0.216. The van der Waals surface area contributed by atoms with E-state index in [1.165, 1.54) is 55.6 Å². The number of aromatic nitrogens is 1. The first-order chi connectivity index (χ1) is 26.6. The predicted molar refractivity (Wildman–Crippen MR) is 225 cm³/mol. The van der Waals surface area contributed by atoms with Crippen molar-refractivity contribution in [1.29, 1.82) is 10.5 Å². The molecule has 0 saturated heterocycles. The van der Waals surface area contributed by atoms with E-state index in [0.29, 0.717) is 11.1 Å². The summed E-state index contributed by atoms with van der Waals surface area (Å²) in [6, 6.07) is 31.6. The van der Waals surface area contributed by atoms with Crippen LogP contribution in [0.15, 0.2) is 133 Å². The summed E-state index contributed by atoms with van der Waals surface area (Å²) in [7, 11) is 0. The fourth-order valence-electron chi connectivity index (χ4n) is 10.8. The van der Waals surface area contributed by atoms with Crippen LogP contribution in [0.1, 0.15) is 79.3 Å². The molecule has 10 rings (SSSR count). The zero-order valence-electron chi connectivity index (χ0n) is 32.0. The second-order valence-corrected chi connectivity index (χ2v) is 16.7. The van der Waals surface area contributed by atoms with Gasteiger partial charge in [-0.1, -0.05) is 119 Å². The van der Waals surface area contributed by atoms with Gasteiger partial charge in [0.15, 0.2) is 0 Å². The number of nitrogens with zero attached hydrogens (tertiary/aromatic N) is 4. The van der Waals surface area contributed by atoms with Crippen LogP contribution < -0.4 is 4.90 Å². The molecule has 4 nitrogen and oxygen atoms in total. The Morgan fingerprint density at radius 1 is 0.800 bits per heavy atom. The van der Waals surface area contributed by atoms with Crippen molar-refractivity contribution in [2.45, 2.75) is 57.9 Å². The standard InChI is InChI=1S/C51H42N4/c1-7-15-44-32(8-2)35-18-11-14-21-45(35)54(44)46-22-31(29-53)47(23-30(46)28-52)55-48-26-42-36(33-16-9-12-19-40(33)50(42,3)4)24-38(48)39-25-37-34-17-10-13-20-41(34)51(5,6)43(37)27-49(39)55/h7-26,35,43,45H,2,27H2,1,3-6H3/b15-7-. The molecule has 0 fully saturated rings. The maximum absolute atomic E-state index is 11.1. The summed E-state index contributed by atoms with van der Waals surface area (Å²) in [5, 5.41) is 23.2. The zero-order valence-corrected chi connectivity index (χ0v) is 32.0. The first kappa shape index (κ1) is 33.2. The van der Waals surface area contributed by atoms with Crippen molar-refractivity contribution in [3.63, 3.8) is 0 Å². The van der Waals surface area contributed by atoms with Gasteiger partial charge in [0.2, 0.25) is 0 Å². The Morgan fingerprint density at radius 2 is 1.49 bits per heavy atom. The van der Waals surface area contributed by atoms with E-state index in [-0.39, 0.29) is 28.7 Å². The lowest BCUT2D eigenvalue weighted by atomic mass is 9.73. The molecule has 266 valence electrons. The number of benzene rings is 4. The van der Waals surface area contributed by atoms with Gasteiger partial charge < -0.3 is 9.47 Å². The molecule has 0 amide bonds. The molecule has 5 aromatic rings. The molecule has 4 aromatic carbocycles. The highest BCUT2D eigenvalue weighted by Crippen LogP contribution is 2.57. The van der Waals surface area contributed by atoms with Crippen molar-refractivity contribution < 1.29 is 0 Å². The number of hydrogen-bond acceptors (Lipinski definition) is 3. The smallest absolute Gasteiger partial charge is 0.101 e. The van der Waals surface area contributed by atoms with E-state index in [0.717, 1.165) is 34.6 Å². The molecule has 0 bridgehead atoms. The highest BCUT2D eigenvalue weighted by molar-refractivity contribution is 6.04. The maximum atomic E-state index is 11.1. The fourth-order valence-corrected chi connectivity index (χ4v) is 10.8. The van der Waals surface area contributed by atoms with Crippen LogP contribution in [0, 0.1) is 34.5 Å². The molecule has 1 aromatic heterocycles. The van der Waals surface area contributed by atoms with E-state index < -0.39 is 0 Å². The van der Waals surface area contributed by atoms with Gasteiger partial charge in [0.05, 0.1) is 34.1 Å². The summed E-state index contributed by atoms with van der Waals surface area (Å²) in [5.41, 5.74) is 17.2. The van der Waals surface area contributed by atoms with Gasteiger partial charge in [-0.15, -0.1) is 0 Å². The van der Waals surface area contributed by atoms with Crippen LogP contribution in [0.4, 0.5) is 5.69 Å². The summed E-state index contributed by atoms with van der Waals surface area (Å²) in [6.45, 7) is 15.6. The van der Waals surface area contributed by atoms with Crippen LogP contribution in [-0.2, 0) is 17.3 Å². The van der Waals surface area contributed by atoms with Crippen LogP contribution in [-0.4, -0.2) is 10.6 Å². The minimum atomic E-state index is -0.196. The van der Waals surface area contributed by atoms with E-state index in [9.17, 15) is 10.5 Å². The van der Waals surface area contributed by atoms with Gasteiger partial charge in [-0.25, -0.2) is 0 Å². The second-order valence-electron chi connectivity index (χ2n) is 16.7. The number of rotatable bonds is 4. The average Bonchev–Trinajstić information content (AvgIpc) is 3.84. The quantitative estimate of drug-likeness (QED) is 0.187. The third-order valence-electron chi connectivity index (χ3n) is 13.4. The topological polar surface area (TPSA) is 55.8 Å². The largest absolute Gasteiger partial charge is 0.332 e. The van der Waals surface area contributed by atoms with Crippen LogP contribution in [0.2, 0.25) is 0 Å². The molecule has 4 aliphatic carbocycles. The SMILES string of the molecule is C=CC1=C(/C=C\C)N(c2cc(C#N)c(-n3c4c(c5cc6c(cc53)C(C)(C)c3ccccc3-6)C=C3c5ccccc5C(C)(C)C3C4)cc2C#N)C2C=CC=CC12. The maximum Gasteiger partial charge on any atom is 0.101 e. The Balaban J connectivity index is 1.26. The molecule has 1 aliphatic heterocycles. The molecule has 3 atom stereocenters. The van der Waals surface area contributed by atoms with Crippen LogP contribution >= 0.6 is 0 Å². The van der Waals surface area contributed by atoms with Gasteiger partial charge >= 0.3 is 0 Å². The lowest BCUT2D eigenvalue weighted by molar-refractivity contribution is 0.405. The average molecular weight is 711 g/mol. The summed E-state index contributed by atoms with van der Waals surface area (Å²) in [4.78, 5) is 2.23. The van der Waals surface area contributed by atoms with Crippen LogP contribution in [0.3, 0.4) is 0 Å². The third kappa shape index (κ3) is 4.32. The Kier molecular flexibility index (Phi) is 6.99. The zero-order chi connectivity index (χ0) is 38.0.